The van der Waals surface area contributed by atoms with Gasteiger partial charge in [0.2, 0.25) is 0 Å². The number of carboxylic acids is 1. The predicted molar refractivity (Wildman–Crippen MR) is 74.7 cm³/mol. The summed E-state index contributed by atoms with van der Waals surface area (Å²) in [5.41, 5.74) is 0.858. The number of alkyl halides is 3. The highest BCUT2D eigenvalue weighted by Gasteiger charge is 2.26. The highest BCUT2D eigenvalue weighted by molar-refractivity contribution is 5.89. The Balaban J connectivity index is 2.42. The van der Waals surface area contributed by atoms with E-state index < -0.39 is 24.6 Å². The smallest absolute Gasteiger partial charge is 0.389 e. The lowest BCUT2D eigenvalue weighted by Gasteiger charge is -2.10. The number of carboxylic acid groups (broad SMARTS) is 1. The molecule has 0 heterocycles. The standard InChI is InChI=1S/C14H17F3N2O3/c15-14(16,17)7-6-10-3-1-4-11(9-10)19-13(22)18-8-2-5-12(20)21/h1,3-4,9H,2,5-8H2,(H,20,21)(H2,18,19,22). The second-order valence-electron chi connectivity index (χ2n) is 4.69. The normalized spacial score (nSPS) is 11.0. The molecule has 0 saturated carbocycles. The molecule has 122 valence electrons. The second-order valence-corrected chi connectivity index (χ2v) is 4.69. The summed E-state index contributed by atoms with van der Waals surface area (Å²) in [6.45, 7) is 0.200. The minimum absolute atomic E-state index is 0.0484. The van der Waals surface area contributed by atoms with Gasteiger partial charge in [0, 0.05) is 25.1 Å². The van der Waals surface area contributed by atoms with Gasteiger partial charge in [-0.1, -0.05) is 12.1 Å². The molecule has 0 radical (unpaired) electrons. The van der Waals surface area contributed by atoms with Crippen molar-refractivity contribution >= 4 is 17.7 Å². The Bertz CT molecular complexity index is 518. The number of hydrogen-bond donors (Lipinski definition) is 3. The molecule has 1 aromatic rings. The molecule has 1 aromatic carbocycles. The van der Waals surface area contributed by atoms with Crippen LogP contribution in [0.3, 0.4) is 0 Å². The number of aryl methyl sites for hydroxylation is 1. The van der Waals surface area contributed by atoms with Crippen LogP contribution in [0.2, 0.25) is 0 Å². The van der Waals surface area contributed by atoms with Crippen molar-refractivity contribution in [1.82, 2.24) is 5.32 Å². The van der Waals surface area contributed by atoms with Crippen LogP contribution in [0.4, 0.5) is 23.7 Å². The number of carbonyl (C=O) groups is 2. The maximum absolute atomic E-state index is 12.2. The summed E-state index contributed by atoms with van der Waals surface area (Å²) in [7, 11) is 0. The second kappa shape index (κ2) is 8.26. The van der Waals surface area contributed by atoms with E-state index in [0.717, 1.165) is 0 Å². The molecule has 8 heteroatoms. The lowest BCUT2D eigenvalue weighted by atomic mass is 10.1. The molecule has 0 spiro atoms. The monoisotopic (exact) mass is 318 g/mol. The molecular formula is C14H17F3N2O3. The highest BCUT2D eigenvalue weighted by atomic mass is 19.4. The van der Waals surface area contributed by atoms with Crippen molar-refractivity contribution in [3.8, 4) is 0 Å². The largest absolute Gasteiger partial charge is 0.481 e. The Labute approximate surface area is 125 Å². The molecule has 5 nitrogen and oxygen atoms in total. The summed E-state index contributed by atoms with van der Waals surface area (Å²) in [6, 6.07) is 5.63. The van der Waals surface area contributed by atoms with Crippen LogP contribution in [-0.4, -0.2) is 29.8 Å². The third-order valence-corrected chi connectivity index (χ3v) is 2.73. The third-order valence-electron chi connectivity index (χ3n) is 2.73. The number of carbonyl (C=O) groups excluding carboxylic acids is 1. The molecule has 22 heavy (non-hydrogen) atoms. The molecule has 0 unspecified atom stereocenters. The van der Waals surface area contributed by atoms with E-state index in [0.29, 0.717) is 17.7 Å². The zero-order chi connectivity index (χ0) is 16.6. The van der Waals surface area contributed by atoms with E-state index in [-0.39, 0.29) is 19.4 Å². The van der Waals surface area contributed by atoms with Crippen LogP contribution in [0.15, 0.2) is 24.3 Å². The summed E-state index contributed by atoms with van der Waals surface area (Å²) in [5.74, 6) is -0.945. The number of halogens is 3. The first-order valence-corrected chi connectivity index (χ1v) is 6.68. The Morgan fingerprint density at radius 3 is 2.59 bits per heavy atom. The van der Waals surface area contributed by atoms with Crippen LogP contribution in [-0.2, 0) is 11.2 Å². The van der Waals surface area contributed by atoms with Crippen LogP contribution in [0, 0.1) is 0 Å². The third kappa shape index (κ3) is 8.13. The SMILES string of the molecule is O=C(O)CCCNC(=O)Nc1cccc(CCC(F)(F)F)c1. The van der Waals surface area contributed by atoms with Gasteiger partial charge in [-0.15, -0.1) is 0 Å². The molecule has 1 rings (SSSR count). The van der Waals surface area contributed by atoms with Crippen molar-refractivity contribution < 1.29 is 27.9 Å². The maximum Gasteiger partial charge on any atom is 0.389 e. The Kier molecular flexibility index (Phi) is 6.68. The quantitative estimate of drug-likeness (QED) is 0.676. The summed E-state index contributed by atoms with van der Waals surface area (Å²) in [4.78, 5) is 21.8. The number of rotatable bonds is 7. The number of nitrogens with one attached hydrogen (secondary N) is 2. The molecule has 0 aromatic heterocycles. The van der Waals surface area contributed by atoms with Gasteiger partial charge in [-0.05, 0) is 30.5 Å². The minimum Gasteiger partial charge on any atom is -0.481 e. The van der Waals surface area contributed by atoms with Gasteiger partial charge in [0.15, 0.2) is 0 Å². The van der Waals surface area contributed by atoms with Crippen molar-refractivity contribution in [3.05, 3.63) is 29.8 Å². The van der Waals surface area contributed by atoms with Gasteiger partial charge in [-0.25, -0.2) is 4.79 Å². The molecule has 0 aliphatic rings. The van der Waals surface area contributed by atoms with Crippen LogP contribution in [0.1, 0.15) is 24.8 Å². The van der Waals surface area contributed by atoms with E-state index in [1.54, 1.807) is 18.2 Å². The van der Waals surface area contributed by atoms with E-state index in [1.165, 1.54) is 6.07 Å². The van der Waals surface area contributed by atoms with Crippen LogP contribution in [0.5, 0.6) is 0 Å². The van der Waals surface area contributed by atoms with Crippen LogP contribution in [0.25, 0.3) is 0 Å². The van der Waals surface area contributed by atoms with Crippen molar-refractivity contribution in [3.63, 3.8) is 0 Å². The Hall–Kier alpha value is -2.25. The molecule has 3 N–H and O–H groups in total. The summed E-state index contributed by atoms with van der Waals surface area (Å²) in [6.07, 6.45) is -5.04. The van der Waals surface area contributed by atoms with E-state index in [2.05, 4.69) is 10.6 Å². The molecule has 0 atom stereocenters. The predicted octanol–water partition coefficient (Wildman–Crippen LogP) is 3.17. The maximum atomic E-state index is 12.2. The average molecular weight is 318 g/mol. The summed E-state index contributed by atoms with van der Waals surface area (Å²) >= 11 is 0. The lowest BCUT2D eigenvalue weighted by Crippen LogP contribution is -2.29. The molecular weight excluding hydrogens is 301 g/mol. The van der Waals surface area contributed by atoms with E-state index >= 15 is 0 Å². The topological polar surface area (TPSA) is 78.4 Å². The van der Waals surface area contributed by atoms with Crippen molar-refractivity contribution in [2.75, 3.05) is 11.9 Å². The summed E-state index contributed by atoms with van der Waals surface area (Å²) < 4.78 is 36.5. The molecule has 0 fully saturated rings. The van der Waals surface area contributed by atoms with Gasteiger partial charge in [0.25, 0.3) is 0 Å². The van der Waals surface area contributed by atoms with E-state index in [9.17, 15) is 22.8 Å². The fourth-order valence-electron chi connectivity index (χ4n) is 1.71. The number of amides is 2. The first kappa shape index (κ1) is 17.8. The Morgan fingerprint density at radius 2 is 1.95 bits per heavy atom. The van der Waals surface area contributed by atoms with Gasteiger partial charge in [-0.2, -0.15) is 13.2 Å². The molecule has 0 aliphatic heterocycles. The average Bonchev–Trinajstić information content (AvgIpc) is 2.41. The van der Waals surface area contributed by atoms with Gasteiger partial charge in [0.05, 0.1) is 0 Å². The fraction of sp³-hybridized carbons (Fsp3) is 0.429. The molecule has 0 saturated heterocycles. The molecule has 2 amide bonds. The zero-order valence-electron chi connectivity index (χ0n) is 11.7. The number of hydrogen-bond acceptors (Lipinski definition) is 2. The van der Waals surface area contributed by atoms with Gasteiger partial charge < -0.3 is 15.7 Å². The van der Waals surface area contributed by atoms with Crippen molar-refractivity contribution in [2.24, 2.45) is 0 Å². The van der Waals surface area contributed by atoms with Crippen LogP contribution >= 0.6 is 0 Å². The van der Waals surface area contributed by atoms with Gasteiger partial charge >= 0.3 is 18.2 Å². The number of urea groups is 1. The summed E-state index contributed by atoms with van der Waals surface area (Å²) in [5, 5.41) is 13.4. The van der Waals surface area contributed by atoms with Crippen LogP contribution < -0.4 is 10.6 Å². The number of aliphatic carboxylic acids is 1. The van der Waals surface area contributed by atoms with Gasteiger partial charge in [0.1, 0.15) is 0 Å². The number of anilines is 1. The first-order valence-electron chi connectivity index (χ1n) is 6.68. The van der Waals surface area contributed by atoms with E-state index in [1.807, 2.05) is 0 Å². The van der Waals surface area contributed by atoms with Crippen molar-refractivity contribution in [2.45, 2.75) is 31.9 Å². The first-order chi connectivity index (χ1) is 10.3. The zero-order valence-corrected chi connectivity index (χ0v) is 11.7. The minimum atomic E-state index is -4.22. The van der Waals surface area contributed by atoms with E-state index in [4.69, 9.17) is 5.11 Å². The molecule has 0 aliphatic carbocycles. The molecule has 0 bridgehead atoms. The Morgan fingerprint density at radius 1 is 1.23 bits per heavy atom. The highest BCUT2D eigenvalue weighted by Crippen LogP contribution is 2.23. The fourth-order valence-corrected chi connectivity index (χ4v) is 1.71. The van der Waals surface area contributed by atoms with Gasteiger partial charge in [-0.3, -0.25) is 4.79 Å². The van der Waals surface area contributed by atoms with Crippen molar-refractivity contribution in [1.29, 1.82) is 0 Å². The lowest BCUT2D eigenvalue weighted by molar-refractivity contribution is -0.137. The number of benzene rings is 1.